The minimum atomic E-state index is -1.10. The lowest BCUT2D eigenvalue weighted by Crippen LogP contribution is -2.56. The Labute approximate surface area is 136 Å². The van der Waals surface area contributed by atoms with Gasteiger partial charge in [-0.05, 0) is 29.9 Å². The van der Waals surface area contributed by atoms with Gasteiger partial charge in [0.25, 0.3) is 5.91 Å². The maximum absolute atomic E-state index is 12.6. The minimum absolute atomic E-state index is 0.0489. The summed E-state index contributed by atoms with van der Waals surface area (Å²) in [7, 11) is 0. The number of thioether (sulfide) groups is 1. The van der Waals surface area contributed by atoms with Crippen molar-refractivity contribution in [3.05, 3.63) is 35.9 Å². The van der Waals surface area contributed by atoms with E-state index in [9.17, 15) is 9.90 Å². The van der Waals surface area contributed by atoms with Gasteiger partial charge < -0.3 is 10.0 Å². The summed E-state index contributed by atoms with van der Waals surface area (Å²) in [5, 5.41) is 10.6. The van der Waals surface area contributed by atoms with Gasteiger partial charge in [-0.25, -0.2) is 0 Å². The van der Waals surface area contributed by atoms with Crippen molar-refractivity contribution in [3.8, 4) is 0 Å². The van der Waals surface area contributed by atoms with Gasteiger partial charge in [-0.2, -0.15) is 11.8 Å². The molecule has 0 bridgehead atoms. The molecule has 0 unspecified atom stereocenters. The summed E-state index contributed by atoms with van der Waals surface area (Å²) in [5.74, 6) is 1.72. The van der Waals surface area contributed by atoms with Gasteiger partial charge in [-0.1, -0.05) is 30.3 Å². The fourth-order valence-corrected chi connectivity index (χ4v) is 4.34. The van der Waals surface area contributed by atoms with E-state index in [1.54, 1.807) is 0 Å². The summed E-state index contributed by atoms with van der Waals surface area (Å²) in [5.41, 5.74) is 0.206. The monoisotopic (exact) mass is 320 g/mol. The minimum Gasteiger partial charge on any atom is -0.380 e. The molecular formula is C17H24N2O2S. The topological polar surface area (TPSA) is 43.8 Å². The summed E-state index contributed by atoms with van der Waals surface area (Å²) >= 11 is 1.82. The van der Waals surface area contributed by atoms with E-state index in [2.05, 4.69) is 29.2 Å². The molecule has 5 heteroatoms. The van der Waals surface area contributed by atoms with Crippen molar-refractivity contribution >= 4 is 17.7 Å². The third kappa shape index (κ3) is 3.65. The van der Waals surface area contributed by atoms with E-state index in [0.29, 0.717) is 12.8 Å². The fraction of sp³-hybridized carbons (Fsp3) is 0.588. The number of benzene rings is 1. The second kappa shape index (κ2) is 7.02. The molecule has 0 radical (unpaired) electrons. The summed E-state index contributed by atoms with van der Waals surface area (Å²) < 4.78 is 0. The number of carbonyl (C=O) groups excluding carboxylic acids is 1. The molecule has 3 rings (SSSR count). The van der Waals surface area contributed by atoms with Crippen LogP contribution in [0.15, 0.2) is 30.3 Å². The summed E-state index contributed by atoms with van der Waals surface area (Å²) in [6.45, 7) is 4.14. The molecule has 0 saturated carbocycles. The van der Waals surface area contributed by atoms with Crippen LogP contribution in [-0.4, -0.2) is 64.1 Å². The zero-order valence-corrected chi connectivity index (χ0v) is 13.7. The highest BCUT2D eigenvalue weighted by atomic mass is 32.2. The first kappa shape index (κ1) is 15.8. The quantitative estimate of drug-likeness (QED) is 0.918. The van der Waals surface area contributed by atoms with Crippen molar-refractivity contribution in [1.29, 1.82) is 0 Å². The van der Waals surface area contributed by atoms with Gasteiger partial charge in [0.1, 0.15) is 5.60 Å². The number of hydrogen-bond donors (Lipinski definition) is 1. The van der Waals surface area contributed by atoms with Gasteiger partial charge in [0.05, 0.1) is 0 Å². The molecule has 0 aliphatic carbocycles. The van der Waals surface area contributed by atoms with E-state index in [1.807, 2.05) is 22.7 Å². The molecule has 2 aliphatic heterocycles. The molecule has 2 heterocycles. The van der Waals surface area contributed by atoms with Crippen LogP contribution in [0.25, 0.3) is 0 Å². The highest BCUT2D eigenvalue weighted by molar-refractivity contribution is 7.99. The number of amides is 1. The molecule has 2 saturated heterocycles. The van der Waals surface area contributed by atoms with Crippen LogP contribution in [-0.2, 0) is 11.3 Å². The van der Waals surface area contributed by atoms with Crippen LogP contribution in [0.2, 0.25) is 0 Å². The number of aliphatic hydroxyl groups is 1. The van der Waals surface area contributed by atoms with Crippen molar-refractivity contribution in [2.75, 3.05) is 37.7 Å². The number of nitrogens with zero attached hydrogens (tertiary/aromatic N) is 2. The summed E-state index contributed by atoms with van der Waals surface area (Å²) in [6.07, 6.45) is 1.20. The summed E-state index contributed by atoms with van der Waals surface area (Å²) in [4.78, 5) is 16.8. The van der Waals surface area contributed by atoms with Gasteiger partial charge >= 0.3 is 0 Å². The first-order chi connectivity index (χ1) is 10.7. The highest BCUT2D eigenvalue weighted by Gasteiger charge is 2.40. The standard InChI is InChI=1S/C17H24N2O2S/c20-16(17(21)6-12-22-13-7-17)19-10-8-18(9-11-19)14-15-4-2-1-3-5-15/h1-5,21H,6-14H2. The Kier molecular flexibility index (Phi) is 5.06. The predicted molar refractivity (Wildman–Crippen MR) is 89.8 cm³/mol. The average molecular weight is 320 g/mol. The van der Waals surface area contributed by atoms with E-state index in [-0.39, 0.29) is 5.91 Å². The number of hydrogen-bond acceptors (Lipinski definition) is 4. The second-order valence-corrected chi connectivity index (χ2v) is 7.42. The van der Waals surface area contributed by atoms with Crippen LogP contribution in [0.3, 0.4) is 0 Å². The van der Waals surface area contributed by atoms with Crippen molar-refractivity contribution in [2.24, 2.45) is 0 Å². The maximum atomic E-state index is 12.6. The number of piperazine rings is 1. The molecule has 1 aromatic rings. The van der Waals surface area contributed by atoms with Gasteiger partial charge in [0, 0.05) is 32.7 Å². The fourth-order valence-electron chi connectivity index (χ4n) is 3.17. The van der Waals surface area contributed by atoms with Crippen LogP contribution >= 0.6 is 11.8 Å². The first-order valence-corrected chi connectivity index (χ1v) is 9.19. The first-order valence-electron chi connectivity index (χ1n) is 8.03. The lowest BCUT2D eigenvalue weighted by molar-refractivity contribution is -0.154. The molecular weight excluding hydrogens is 296 g/mol. The molecule has 1 N–H and O–H groups in total. The Balaban J connectivity index is 1.52. The van der Waals surface area contributed by atoms with Crippen molar-refractivity contribution in [3.63, 3.8) is 0 Å². The second-order valence-electron chi connectivity index (χ2n) is 6.20. The third-order valence-corrected chi connectivity index (χ3v) is 5.61. The summed E-state index contributed by atoms with van der Waals surface area (Å²) in [6, 6.07) is 10.4. The number of carbonyl (C=O) groups is 1. The van der Waals surface area contributed by atoms with Gasteiger partial charge in [-0.15, -0.1) is 0 Å². The molecule has 2 aliphatic rings. The molecule has 120 valence electrons. The third-order valence-electron chi connectivity index (χ3n) is 4.63. The Morgan fingerprint density at radius 2 is 1.73 bits per heavy atom. The maximum Gasteiger partial charge on any atom is 0.254 e. The van der Waals surface area contributed by atoms with Gasteiger partial charge in [0.2, 0.25) is 0 Å². The predicted octanol–water partition coefficient (Wildman–Crippen LogP) is 1.59. The van der Waals surface area contributed by atoms with Crippen molar-refractivity contribution in [1.82, 2.24) is 9.80 Å². The average Bonchev–Trinajstić information content (AvgIpc) is 2.56. The van der Waals surface area contributed by atoms with Crippen LogP contribution in [0.1, 0.15) is 18.4 Å². The van der Waals surface area contributed by atoms with E-state index < -0.39 is 5.60 Å². The van der Waals surface area contributed by atoms with Gasteiger partial charge in [0.15, 0.2) is 0 Å². The molecule has 2 fully saturated rings. The highest BCUT2D eigenvalue weighted by Crippen LogP contribution is 2.29. The smallest absolute Gasteiger partial charge is 0.254 e. The van der Waals surface area contributed by atoms with Crippen molar-refractivity contribution < 1.29 is 9.90 Å². The molecule has 0 atom stereocenters. The van der Waals surface area contributed by atoms with Crippen LogP contribution in [0.5, 0.6) is 0 Å². The van der Waals surface area contributed by atoms with Gasteiger partial charge in [-0.3, -0.25) is 9.69 Å². The largest absolute Gasteiger partial charge is 0.380 e. The molecule has 0 aromatic heterocycles. The van der Waals surface area contributed by atoms with Crippen LogP contribution in [0, 0.1) is 0 Å². The molecule has 1 aromatic carbocycles. The van der Waals surface area contributed by atoms with E-state index in [1.165, 1.54) is 5.56 Å². The van der Waals surface area contributed by atoms with E-state index in [0.717, 1.165) is 44.2 Å². The molecule has 22 heavy (non-hydrogen) atoms. The van der Waals surface area contributed by atoms with Crippen molar-refractivity contribution in [2.45, 2.75) is 25.0 Å². The van der Waals surface area contributed by atoms with E-state index in [4.69, 9.17) is 0 Å². The normalized spacial score (nSPS) is 22.5. The van der Waals surface area contributed by atoms with E-state index >= 15 is 0 Å². The Morgan fingerprint density at radius 3 is 2.36 bits per heavy atom. The van der Waals surface area contributed by atoms with Crippen LogP contribution in [0.4, 0.5) is 0 Å². The molecule has 0 spiro atoms. The zero-order valence-electron chi connectivity index (χ0n) is 12.9. The molecule has 1 amide bonds. The SMILES string of the molecule is O=C(N1CCN(Cc2ccccc2)CC1)C1(O)CCSCC1. The Hall–Kier alpha value is -1.04. The lowest BCUT2D eigenvalue weighted by Gasteiger charge is -2.40. The molecule has 4 nitrogen and oxygen atoms in total. The zero-order chi connectivity index (χ0) is 15.4. The van der Waals surface area contributed by atoms with Crippen LogP contribution < -0.4 is 0 Å². The Morgan fingerprint density at radius 1 is 1.09 bits per heavy atom. The lowest BCUT2D eigenvalue weighted by atomic mass is 9.94. The Bertz CT molecular complexity index is 495. The number of rotatable bonds is 3.